The summed E-state index contributed by atoms with van der Waals surface area (Å²) >= 11 is 0. The number of rotatable bonds is 16. The fraction of sp³-hybridized carbons (Fsp3) is 0.114. The van der Waals surface area contributed by atoms with Crippen LogP contribution in [0.15, 0.2) is 182 Å². The molecule has 14 heteroatoms. The Labute approximate surface area is 480 Å². The van der Waals surface area contributed by atoms with E-state index in [-0.39, 0.29) is 101 Å². The first-order valence-electron chi connectivity index (χ1n) is 27.2. The number of aryl methyl sites for hydroxylation is 4. The van der Waals surface area contributed by atoms with Crippen molar-refractivity contribution in [1.82, 2.24) is 9.80 Å². The van der Waals surface area contributed by atoms with Crippen molar-refractivity contribution in [3.63, 3.8) is 0 Å². The van der Waals surface area contributed by atoms with Crippen LogP contribution in [0.1, 0.15) is 74.8 Å². The molecule has 0 aliphatic carbocycles. The van der Waals surface area contributed by atoms with Gasteiger partial charge in [0.2, 0.25) is 0 Å². The molecule has 0 spiro atoms. The Hall–Kier alpha value is -10.9. The molecule has 412 valence electrons. The van der Waals surface area contributed by atoms with E-state index in [1.54, 1.807) is 109 Å². The van der Waals surface area contributed by atoms with Crippen molar-refractivity contribution in [3.8, 4) is 46.0 Å². The summed E-state index contributed by atoms with van der Waals surface area (Å²) in [5, 5.41) is 23.8. The molecule has 84 heavy (non-hydrogen) atoms. The largest absolute Gasteiger partial charge is 0.480 e. The second kappa shape index (κ2) is 20.6. The molecular formula is C70H50N2O12. The number of carboxylic acid groups (broad SMARTS) is 2. The van der Waals surface area contributed by atoms with Gasteiger partial charge in [-0.25, -0.2) is 9.59 Å². The second-order valence-electron chi connectivity index (χ2n) is 21.4. The van der Waals surface area contributed by atoms with Gasteiger partial charge in [0.1, 0.15) is 58.1 Å². The van der Waals surface area contributed by atoms with Gasteiger partial charge < -0.3 is 29.2 Å². The highest BCUT2D eigenvalue weighted by Crippen LogP contribution is 2.58. The van der Waals surface area contributed by atoms with Gasteiger partial charge in [-0.3, -0.25) is 29.0 Å². The molecule has 2 heterocycles. The third kappa shape index (κ3) is 9.01. The van der Waals surface area contributed by atoms with Crippen molar-refractivity contribution in [2.24, 2.45) is 0 Å². The zero-order valence-corrected chi connectivity index (χ0v) is 45.8. The zero-order valence-electron chi connectivity index (χ0n) is 45.8. The summed E-state index contributed by atoms with van der Waals surface area (Å²) in [5.41, 5.74) is 4.56. The number of hydrogen-bond donors (Lipinski definition) is 2. The summed E-state index contributed by atoms with van der Waals surface area (Å²) in [7, 11) is 0. The molecule has 0 saturated carbocycles. The molecule has 2 unspecified atom stereocenters. The predicted molar refractivity (Wildman–Crippen MR) is 317 cm³/mol. The van der Waals surface area contributed by atoms with Crippen LogP contribution < -0.4 is 18.9 Å². The Morgan fingerprint density at radius 3 is 0.810 bits per heavy atom. The highest BCUT2D eigenvalue weighted by Gasteiger charge is 2.46. The van der Waals surface area contributed by atoms with Crippen LogP contribution in [0.5, 0.6) is 46.0 Å². The van der Waals surface area contributed by atoms with E-state index in [0.717, 1.165) is 32.1 Å². The lowest BCUT2D eigenvalue weighted by Gasteiger charge is -2.35. The summed E-state index contributed by atoms with van der Waals surface area (Å²) < 4.78 is 28.1. The SMILES string of the molecule is Cc1ccc(Oc2cc3c4c(cc(Oc5ccc(C)cc5)c5c6c(Oc7ccc(C)cc7)cc7c8c(cc(Oc9ccc(C)cc9)c(c2c45)c86)C(=O)N(C(Cc2ccccc2)C(=O)O)C7=O)C(=O)N(C(Cc2ccccc2)C(=O)O)C3=O)cc1. The van der Waals surface area contributed by atoms with Crippen LogP contribution >= 0.6 is 0 Å². The van der Waals surface area contributed by atoms with Gasteiger partial charge in [-0.2, -0.15) is 0 Å². The van der Waals surface area contributed by atoms with E-state index in [2.05, 4.69) is 0 Å². The van der Waals surface area contributed by atoms with Crippen LogP contribution in [0.3, 0.4) is 0 Å². The monoisotopic (exact) mass is 1110 g/mol. The molecule has 0 bridgehead atoms. The minimum atomic E-state index is -1.67. The van der Waals surface area contributed by atoms with Crippen LogP contribution in [0.25, 0.3) is 43.1 Å². The lowest BCUT2D eigenvalue weighted by atomic mass is 9.80. The van der Waals surface area contributed by atoms with Gasteiger partial charge in [-0.05, 0) is 112 Å². The summed E-state index contributed by atoms with van der Waals surface area (Å²) in [6.45, 7) is 7.67. The number of hydrogen-bond acceptors (Lipinski definition) is 10. The van der Waals surface area contributed by atoms with Crippen LogP contribution in [0.4, 0.5) is 0 Å². The first-order valence-corrected chi connectivity index (χ1v) is 27.2. The maximum absolute atomic E-state index is 15.7. The van der Waals surface area contributed by atoms with Gasteiger partial charge in [-0.1, -0.05) is 131 Å². The van der Waals surface area contributed by atoms with E-state index in [9.17, 15) is 19.8 Å². The van der Waals surface area contributed by atoms with Crippen LogP contribution in [0, 0.1) is 27.7 Å². The number of imide groups is 2. The molecule has 0 radical (unpaired) electrons. The normalized spacial score (nSPS) is 13.7. The third-order valence-electron chi connectivity index (χ3n) is 15.7. The van der Waals surface area contributed by atoms with Crippen molar-refractivity contribution in [2.45, 2.75) is 52.6 Å². The standard InChI is InChI=1S/C70H50N2O12/c1-37-15-23-43(24-16-37)81-53-33-47-57-48(66(74)71(65(47)73)51(69(77)78)31-41-11-7-5-8-12-41)35-55(83-45-27-19-39(3)20-28-45)61-62-56(84-46-29-21-40(4)22-30-46)36-50-58-49(67(75)72(68(50)76)52(70(79)80)32-42-13-9-6-10-14-42)34-54(60(64(58)62)59(53)63(57)61)82-44-25-17-38(2)18-26-44/h5-30,33-36,51-52H,31-32H2,1-4H3,(H,77,78)(H,79,80). The number of aliphatic carboxylic acids is 2. The van der Waals surface area contributed by atoms with Gasteiger partial charge >= 0.3 is 11.9 Å². The molecule has 4 amide bonds. The zero-order chi connectivity index (χ0) is 58.2. The Bertz CT molecular complexity index is 4030. The molecule has 11 aromatic carbocycles. The molecule has 2 aliphatic rings. The lowest BCUT2D eigenvalue weighted by molar-refractivity contribution is -0.142. The smallest absolute Gasteiger partial charge is 0.327 e. The Kier molecular flexibility index (Phi) is 12.9. The molecule has 2 N–H and O–H groups in total. The quantitative estimate of drug-likeness (QED) is 0.0530. The van der Waals surface area contributed by atoms with E-state index in [0.29, 0.717) is 34.1 Å². The van der Waals surface area contributed by atoms with Crippen LogP contribution in [-0.2, 0) is 22.4 Å². The summed E-state index contributed by atoms with van der Waals surface area (Å²) in [4.78, 5) is 91.4. The van der Waals surface area contributed by atoms with Crippen molar-refractivity contribution >= 4 is 78.7 Å². The van der Waals surface area contributed by atoms with Gasteiger partial charge in [0, 0.05) is 55.9 Å². The van der Waals surface area contributed by atoms with Gasteiger partial charge in [0.15, 0.2) is 0 Å². The topological polar surface area (TPSA) is 186 Å². The lowest BCUT2D eigenvalue weighted by Crippen LogP contribution is -2.51. The Morgan fingerprint density at radius 2 is 0.583 bits per heavy atom. The molecule has 13 rings (SSSR count). The minimum absolute atomic E-state index is 0.0450. The fourth-order valence-corrected chi connectivity index (χ4v) is 11.6. The van der Waals surface area contributed by atoms with Crippen LogP contribution in [-0.4, -0.2) is 67.7 Å². The molecular weight excluding hydrogens is 1060 g/mol. The molecule has 2 atom stereocenters. The van der Waals surface area contributed by atoms with Gasteiger partial charge in [0.05, 0.1) is 22.3 Å². The highest BCUT2D eigenvalue weighted by molar-refractivity contribution is 6.45. The van der Waals surface area contributed by atoms with E-state index in [1.165, 1.54) is 24.3 Å². The predicted octanol–water partition coefficient (Wildman–Crippen LogP) is 14.7. The number of nitrogens with zero attached hydrogens (tertiary/aromatic N) is 2. The summed E-state index contributed by atoms with van der Waals surface area (Å²) in [6.07, 6.45) is -0.426. The molecule has 11 aromatic rings. The van der Waals surface area contributed by atoms with E-state index in [4.69, 9.17) is 18.9 Å². The van der Waals surface area contributed by atoms with E-state index >= 15 is 19.2 Å². The van der Waals surface area contributed by atoms with Crippen molar-refractivity contribution < 1.29 is 57.9 Å². The second-order valence-corrected chi connectivity index (χ2v) is 21.4. The maximum Gasteiger partial charge on any atom is 0.327 e. The van der Waals surface area contributed by atoms with Crippen molar-refractivity contribution in [3.05, 3.63) is 238 Å². The Morgan fingerprint density at radius 1 is 0.345 bits per heavy atom. The van der Waals surface area contributed by atoms with E-state index in [1.807, 2.05) is 76.2 Å². The van der Waals surface area contributed by atoms with Crippen molar-refractivity contribution in [2.75, 3.05) is 0 Å². The average molecular weight is 1110 g/mol. The highest BCUT2D eigenvalue weighted by atomic mass is 16.5. The van der Waals surface area contributed by atoms with Crippen LogP contribution in [0.2, 0.25) is 0 Å². The average Bonchev–Trinajstić information content (AvgIpc) is 0.719. The Balaban J connectivity index is 1.22. The fourth-order valence-electron chi connectivity index (χ4n) is 11.6. The van der Waals surface area contributed by atoms with E-state index < -0.39 is 47.7 Å². The third-order valence-corrected chi connectivity index (χ3v) is 15.7. The van der Waals surface area contributed by atoms with Crippen molar-refractivity contribution in [1.29, 1.82) is 0 Å². The first-order chi connectivity index (χ1) is 40.6. The maximum atomic E-state index is 15.7. The number of carbonyl (C=O) groups excluding carboxylic acids is 4. The van der Waals surface area contributed by atoms with Gasteiger partial charge in [-0.15, -0.1) is 0 Å². The van der Waals surface area contributed by atoms with Gasteiger partial charge in [0.25, 0.3) is 23.6 Å². The first kappa shape index (κ1) is 52.5. The number of carboxylic acids is 2. The summed E-state index contributed by atoms with van der Waals surface area (Å²) in [6, 6.07) is 48.9. The molecule has 14 nitrogen and oxygen atoms in total. The number of amides is 4. The minimum Gasteiger partial charge on any atom is -0.480 e. The number of benzene rings is 11. The number of fused-ring (bicyclic) bond motifs is 2. The summed E-state index contributed by atoms with van der Waals surface area (Å²) in [5.74, 6) is -4.94. The number of carbonyl (C=O) groups is 6. The number of ether oxygens (including phenoxy) is 4. The molecule has 2 aliphatic heterocycles. The molecule has 0 fully saturated rings. The molecule has 0 aromatic heterocycles. The molecule has 0 saturated heterocycles.